The molecular weight excluding hydrogens is 244 g/mol. The van der Waals surface area contributed by atoms with Crippen molar-refractivity contribution < 1.29 is 4.79 Å². The van der Waals surface area contributed by atoms with Crippen molar-refractivity contribution in [2.75, 3.05) is 12.3 Å². The van der Waals surface area contributed by atoms with Crippen LogP contribution in [0.4, 0.5) is 0 Å². The summed E-state index contributed by atoms with van der Waals surface area (Å²) in [6, 6.07) is 0. The molecule has 108 valence electrons. The normalized spacial score (nSPS) is 17.2. The number of hydrogen-bond donors (Lipinski definition) is 2. The molecule has 18 heavy (non-hydrogen) atoms. The third-order valence-corrected chi connectivity index (χ3v) is 5.74. The van der Waals surface area contributed by atoms with Crippen molar-refractivity contribution in [2.45, 2.75) is 58.6 Å². The van der Waals surface area contributed by atoms with Crippen LogP contribution in [0, 0.1) is 11.3 Å². The van der Waals surface area contributed by atoms with Crippen LogP contribution in [-0.2, 0) is 4.79 Å². The van der Waals surface area contributed by atoms with Gasteiger partial charge in [0, 0.05) is 23.0 Å². The monoisotopic (exact) mass is 274 g/mol. The molecule has 0 bridgehead atoms. The predicted molar refractivity (Wildman–Crippen MR) is 81.6 cm³/mol. The first-order chi connectivity index (χ1) is 8.22. The van der Waals surface area contributed by atoms with E-state index in [1.807, 2.05) is 11.8 Å². The van der Waals surface area contributed by atoms with Crippen LogP contribution in [0.2, 0.25) is 0 Å². The van der Waals surface area contributed by atoms with E-state index in [4.69, 9.17) is 11.5 Å². The highest BCUT2D eigenvalue weighted by atomic mass is 32.2. The Bertz CT molecular complexity index is 269. The predicted octanol–water partition coefficient (Wildman–Crippen LogP) is 2.77. The Hall–Kier alpha value is -0.220. The molecule has 0 aliphatic rings. The Morgan fingerprint density at radius 1 is 1.22 bits per heavy atom. The lowest BCUT2D eigenvalue weighted by atomic mass is 9.72. The Morgan fingerprint density at radius 3 is 2.11 bits per heavy atom. The zero-order chi connectivity index (χ0) is 14.4. The third-order valence-electron chi connectivity index (χ3n) is 4.15. The van der Waals surface area contributed by atoms with Crippen LogP contribution in [-0.4, -0.2) is 23.0 Å². The lowest BCUT2D eigenvalue weighted by Crippen LogP contribution is -2.40. The summed E-state index contributed by atoms with van der Waals surface area (Å²) in [7, 11) is 0. The number of primary amides is 1. The second-order valence-corrected chi connectivity index (χ2v) is 7.62. The van der Waals surface area contributed by atoms with E-state index in [1.165, 1.54) is 0 Å². The second-order valence-electron chi connectivity index (χ2n) is 5.94. The van der Waals surface area contributed by atoms with Crippen molar-refractivity contribution in [3.8, 4) is 0 Å². The zero-order valence-corrected chi connectivity index (χ0v) is 13.4. The molecule has 4 N–H and O–H groups in total. The molecule has 0 heterocycles. The van der Waals surface area contributed by atoms with Crippen LogP contribution in [0.1, 0.15) is 53.9 Å². The highest BCUT2D eigenvalue weighted by Gasteiger charge is 2.38. The minimum atomic E-state index is -0.171. The Balaban J connectivity index is 4.90. The van der Waals surface area contributed by atoms with Gasteiger partial charge in [0.2, 0.25) is 5.91 Å². The summed E-state index contributed by atoms with van der Waals surface area (Å²) < 4.78 is 0.0888. The average molecular weight is 274 g/mol. The summed E-state index contributed by atoms with van der Waals surface area (Å²) >= 11 is 1.86. The third kappa shape index (κ3) is 5.19. The number of thioether (sulfide) groups is 1. The molecular formula is C14H30N2OS. The summed E-state index contributed by atoms with van der Waals surface area (Å²) in [5.74, 6) is 0.690. The van der Waals surface area contributed by atoms with Crippen molar-refractivity contribution in [1.82, 2.24) is 0 Å². The number of rotatable bonds is 9. The van der Waals surface area contributed by atoms with Gasteiger partial charge in [-0.05, 0) is 18.3 Å². The highest BCUT2D eigenvalue weighted by Crippen LogP contribution is 2.42. The number of hydrogen-bond acceptors (Lipinski definition) is 3. The van der Waals surface area contributed by atoms with Crippen LogP contribution in [0.25, 0.3) is 0 Å². The van der Waals surface area contributed by atoms with Crippen LogP contribution in [0.3, 0.4) is 0 Å². The largest absolute Gasteiger partial charge is 0.369 e. The highest BCUT2D eigenvalue weighted by molar-refractivity contribution is 8.00. The molecule has 0 radical (unpaired) electrons. The standard InChI is InChI=1S/C14H30N2OS/c1-6-13(3,4)11(12(16)17)10-14(5,7-2)18-9-8-15/h11H,6-10,15H2,1-5H3,(H2,16,17). The van der Waals surface area contributed by atoms with Gasteiger partial charge in [-0.3, -0.25) is 4.79 Å². The van der Waals surface area contributed by atoms with Gasteiger partial charge >= 0.3 is 0 Å². The molecule has 0 rings (SSSR count). The summed E-state index contributed by atoms with van der Waals surface area (Å²) in [5, 5.41) is 0. The minimum absolute atomic E-state index is 0.0362. The van der Waals surface area contributed by atoms with Gasteiger partial charge < -0.3 is 11.5 Å². The molecule has 2 unspecified atom stereocenters. The van der Waals surface area contributed by atoms with Gasteiger partial charge in [-0.15, -0.1) is 0 Å². The molecule has 0 aromatic carbocycles. The molecule has 0 spiro atoms. The SMILES string of the molecule is CCC(C)(CC(C(N)=O)C(C)(C)CC)SCCN. The van der Waals surface area contributed by atoms with Crippen molar-refractivity contribution >= 4 is 17.7 Å². The molecule has 2 atom stereocenters. The smallest absolute Gasteiger partial charge is 0.221 e. The van der Waals surface area contributed by atoms with E-state index in [9.17, 15) is 4.79 Å². The van der Waals surface area contributed by atoms with Gasteiger partial charge in [0.15, 0.2) is 0 Å². The van der Waals surface area contributed by atoms with Crippen LogP contribution >= 0.6 is 11.8 Å². The molecule has 0 saturated carbocycles. The average Bonchev–Trinajstić information content (AvgIpc) is 2.33. The molecule has 4 heteroatoms. The maximum Gasteiger partial charge on any atom is 0.221 e. The van der Waals surface area contributed by atoms with E-state index in [-0.39, 0.29) is 22.0 Å². The Kier molecular flexibility index (Phi) is 7.30. The fourth-order valence-electron chi connectivity index (χ4n) is 2.05. The van der Waals surface area contributed by atoms with Gasteiger partial charge in [0.25, 0.3) is 0 Å². The maximum atomic E-state index is 11.8. The number of amides is 1. The molecule has 0 aromatic rings. The van der Waals surface area contributed by atoms with Gasteiger partial charge in [-0.1, -0.05) is 41.0 Å². The van der Waals surface area contributed by atoms with Crippen molar-refractivity contribution in [3.63, 3.8) is 0 Å². The molecule has 0 saturated heterocycles. The van der Waals surface area contributed by atoms with E-state index >= 15 is 0 Å². The summed E-state index contributed by atoms with van der Waals surface area (Å²) in [6.45, 7) is 11.4. The number of nitrogens with two attached hydrogens (primary N) is 2. The van der Waals surface area contributed by atoms with E-state index < -0.39 is 0 Å². The molecule has 1 amide bonds. The van der Waals surface area contributed by atoms with E-state index in [0.717, 1.165) is 25.0 Å². The van der Waals surface area contributed by atoms with Crippen LogP contribution < -0.4 is 11.5 Å². The second kappa shape index (κ2) is 7.39. The molecule has 0 aromatic heterocycles. The maximum absolute atomic E-state index is 11.8. The fraction of sp³-hybridized carbons (Fsp3) is 0.929. The lowest BCUT2D eigenvalue weighted by Gasteiger charge is -2.38. The summed E-state index contributed by atoms with van der Waals surface area (Å²) in [6.07, 6.45) is 2.83. The van der Waals surface area contributed by atoms with Crippen molar-refractivity contribution in [3.05, 3.63) is 0 Å². The van der Waals surface area contributed by atoms with Crippen LogP contribution in [0.5, 0.6) is 0 Å². The van der Waals surface area contributed by atoms with Crippen LogP contribution in [0.15, 0.2) is 0 Å². The lowest BCUT2D eigenvalue weighted by molar-refractivity contribution is -0.126. The Morgan fingerprint density at radius 2 is 1.78 bits per heavy atom. The summed E-state index contributed by atoms with van der Waals surface area (Å²) in [4.78, 5) is 11.8. The van der Waals surface area contributed by atoms with Gasteiger partial charge in [0.05, 0.1) is 0 Å². The molecule has 3 nitrogen and oxygen atoms in total. The molecule has 0 aliphatic heterocycles. The first-order valence-corrected chi connectivity index (χ1v) is 7.84. The van der Waals surface area contributed by atoms with Crippen molar-refractivity contribution in [2.24, 2.45) is 22.8 Å². The number of carbonyl (C=O) groups excluding carboxylic acids is 1. The fourth-order valence-corrected chi connectivity index (χ4v) is 3.15. The van der Waals surface area contributed by atoms with Crippen molar-refractivity contribution in [1.29, 1.82) is 0 Å². The van der Waals surface area contributed by atoms with Gasteiger partial charge in [-0.25, -0.2) is 0 Å². The number of carbonyl (C=O) groups is 1. The van der Waals surface area contributed by atoms with Gasteiger partial charge in [0.1, 0.15) is 0 Å². The first kappa shape index (κ1) is 17.8. The van der Waals surface area contributed by atoms with E-state index in [0.29, 0.717) is 6.54 Å². The first-order valence-electron chi connectivity index (χ1n) is 6.85. The van der Waals surface area contributed by atoms with E-state index in [1.54, 1.807) is 0 Å². The topological polar surface area (TPSA) is 69.1 Å². The molecule has 0 aliphatic carbocycles. The minimum Gasteiger partial charge on any atom is -0.369 e. The zero-order valence-electron chi connectivity index (χ0n) is 12.6. The summed E-state index contributed by atoms with van der Waals surface area (Å²) in [5.41, 5.74) is 11.2. The molecule has 0 fully saturated rings. The Labute approximate surface area is 116 Å². The van der Waals surface area contributed by atoms with Gasteiger partial charge in [-0.2, -0.15) is 11.8 Å². The quantitative estimate of drug-likeness (QED) is 0.679. The van der Waals surface area contributed by atoms with E-state index in [2.05, 4.69) is 34.6 Å².